The first kappa shape index (κ1) is 14.8. The lowest BCUT2D eigenvalue weighted by Gasteiger charge is -2.34. The number of carbonyl (C=O) groups is 2. The lowest BCUT2D eigenvalue weighted by atomic mass is 9.98. The molecule has 8 heteroatoms. The summed E-state index contributed by atoms with van der Waals surface area (Å²) >= 11 is 0. The molecule has 1 saturated carbocycles. The smallest absolute Gasteiger partial charge is 0.411 e. The van der Waals surface area contributed by atoms with E-state index < -0.39 is 18.1 Å². The topological polar surface area (TPSA) is 97.5 Å². The number of carboxylic acids is 1. The molecule has 8 nitrogen and oxygen atoms in total. The molecule has 1 aromatic rings. The Bertz CT molecular complexity index is 579. The molecule has 1 fully saturated rings. The van der Waals surface area contributed by atoms with E-state index in [2.05, 4.69) is 10.2 Å². The van der Waals surface area contributed by atoms with E-state index in [1.165, 1.54) is 4.90 Å². The maximum Gasteiger partial charge on any atom is 0.411 e. The van der Waals surface area contributed by atoms with E-state index in [4.69, 9.17) is 4.74 Å². The molecule has 2 aliphatic rings. The number of aryl methyl sites for hydroxylation is 1. The lowest BCUT2D eigenvalue weighted by molar-refractivity contribution is -0.144. The number of rotatable bonds is 2. The molecular formula is C14H20N4O4. The summed E-state index contributed by atoms with van der Waals surface area (Å²) in [5.74, 6) is 0.205. The highest BCUT2D eigenvalue weighted by atomic mass is 16.6. The third-order valence-electron chi connectivity index (χ3n) is 4.40. The van der Waals surface area contributed by atoms with E-state index in [9.17, 15) is 14.7 Å². The highest BCUT2D eigenvalue weighted by Gasteiger charge is 2.38. The molecule has 1 amide bonds. The van der Waals surface area contributed by atoms with Gasteiger partial charge >= 0.3 is 12.1 Å². The van der Waals surface area contributed by atoms with Crippen LogP contribution in [0.3, 0.4) is 0 Å². The van der Waals surface area contributed by atoms with E-state index >= 15 is 0 Å². The van der Waals surface area contributed by atoms with Gasteiger partial charge in [-0.2, -0.15) is 0 Å². The molecule has 1 aliphatic heterocycles. The van der Waals surface area contributed by atoms with Crippen LogP contribution in [-0.4, -0.2) is 49.0 Å². The average molecular weight is 308 g/mol. The van der Waals surface area contributed by atoms with Gasteiger partial charge in [-0.05, 0) is 32.6 Å². The van der Waals surface area contributed by atoms with E-state index in [0.29, 0.717) is 11.6 Å². The summed E-state index contributed by atoms with van der Waals surface area (Å²) in [5, 5.41) is 17.4. The predicted molar refractivity (Wildman–Crippen MR) is 75.1 cm³/mol. The van der Waals surface area contributed by atoms with Crippen LogP contribution in [0.5, 0.6) is 0 Å². The Balaban J connectivity index is 1.75. The molecule has 120 valence electrons. The molecule has 22 heavy (non-hydrogen) atoms. The van der Waals surface area contributed by atoms with Crippen LogP contribution in [0.15, 0.2) is 0 Å². The lowest BCUT2D eigenvalue weighted by Crippen LogP contribution is -2.51. The summed E-state index contributed by atoms with van der Waals surface area (Å²) in [6.45, 7) is 2.04. The monoisotopic (exact) mass is 308 g/mol. The van der Waals surface area contributed by atoms with E-state index in [1.54, 1.807) is 11.5 Å². The van der Waals surface area contributed by atoms with Crippen molar-refractivity contribution in [1.29, 1.82) is 0 Å². The number of aliphatic carboxylic acids is 1. The molecule has 1 aromatic heterocycles. The van der Waals surface area contributed by atoms with E-state index in [1.807, 2.05) is 0 Å². The molecule has 3 rings (SSSR count). The van der Waals surface area contributed by atoms with Crippen LogP contribution in [0.25, 0.3) is 0 Å². The SMILES string of the molecule is Cc1nnc2n1CC(C(=O)O)N(C(=O)OC1CCCCC1)C2. The Morgan fingerprint density at radius 3 is 2.64 bits per heavy atom. The summed E-state index contributed by atoms with van der Waals surface area (Å²) in [6.07, 6.45) is 4.31. The summed E-state index contributed by atoms with van der Waals surface area (Å²) in [5.41, 5.74) is 0. The fraction of sp³-hybridized carbons (Fsp3) is 0.714. The van der Waals surface area contributed by atoms with Crippen LogP contribution in [0, 0.1) is 6.92 Å². The molecule has 2 heterocycles. The third kappa shape index (κ3) is 2.77. The van der Waals surface area contributed by atoms with Crippen LogP contribution in [-0.2, 0) is 22.6 Å². The summed E-state index contributed by atoms with van der Waals surface area (Å²) in [4.78, 5) is 25.1. The molecule has 1 atom stereocenters. The van der Waals surface area contributed by atoms with Crippen molar-refractivity contribution in [2.45, 2.75) is 64.3 Å². The van der Waals surface area contributed by atoms with Gasteiger partial charge in [-0.25, -0.2) is 9.59 Å². The van der Waals surface area contributed by atoms with Crippen LogP contribution in [0.2, 0.25) is 0 Å². The van der Waals surface area contributed by atoms with Crippen molar-refractivity contribution in [3.05, 3.63) is 11.6 Å². The predicted octanol–water partition coefficient (Wildman–Crippen LogP) is 1.32. The fourth-order valence-electron chi connectivity index (χ4n) is 3.11. The number of amides is 1. The van der Waals surface area contributed by atoms with E-state index in [0.717, 1.165) is 32.1 Å². The van der Waals surface area contributed by atoms with Gasteiger partial charge < -0.3 is 14.4 Å². The molecule has 1 unspecified atom stereocenters. The highest BCUT2D eigenvalue weighted by Crippen LogP contribution is 2.24. The van der Waals surface area contributed by atoms with Crippen LogP contribution >= 0.6 is 0 Å². The Hall–Kier alpha value is -2.12. The van der Waals surface area contributed by atoms with Crippen molar-refractivity contribution < 1.29 is 19.4 Å². The highest BCUT2D eigenvalue weighted by molar-refractivity contribution is 5.80. The number of fused-ring (bicyclic) bond motifs is 1. The van der Waals surface area contributed by atoms with Crippen molar-refractivity contribution in [3.63, 3.8) is 0 Å². The Morgan fingerprint density at radius 2 is 1.95 bits per heavy atom. The molecule has 1 N–H and O–H groups in total. The van der Waals surface area contributed by atoms with Crippen LogP contribution in [0.1, 0.15) is 43.8 Å². The van der Waals surface area contributed by atoms with Gasteiger partial charge in [-0.15, -0.1) is 10.2 Å². The van der Waals surface area contributed by atoms with Gasteiger partial charge in [0.25, 0.3) is 0 Å². The van der Waals surface area contributed by atoms with Gasteiger partial charge in [0.15, 0.2) is 11.9 Å². The Labute approximate surface area is 128 Å². The third-order valence-corrected chi connectivity index (χ3v) is 4.40. The van der Waals surface area contributed by atoms with Crippen molar-refractivity contribution in [1.82, 2.24) is 19.7 Å². The fourth-order valence-corrected chi connectivity index (χ4v) is 3.11. The largest absolute Gasteiger partial charge is 0.480 e. The molecule has 0 aromatic carbocycles. The minimum Gasteiger partial charge on any atom is -0.480 e. The second-order valence-electron chi connectivity index (χ2n) is 5.90. The average Bonchev–Trinajstić information content (AvgIpc) is 2.88. The van der Waals surface area contributed by atoms with Crippen LogP contribution < -0.4 is 0 Å². The number of carbonyl (C=O) groups excluding carboxylic acids is 1. The van der Waals surface area contributed by atoms with Crippen molar-refractivity contribution >= 4 is 12.1 Å². The standard InChI is InChI=1S/C14H20N4O4/c1-9-15-16-12-8-18(11(13(19)20)7-17(9)12)14(21)22-10-5-3-2-4-6-10/h10-11H,2-8H2,1H3,(H,19,20). The van der Waals surface area contributed by atoms with Gasteiger partial charge in [0.1, 0.15) is 11.9 Å². The molecule has 0 radical (unpaired) electrons. The van der Waals surface area contributed by atoms with Crippen molar-refractivity contribution in [2.24, 2.45) is 0 Å². The number of nitrogens with zero attached hydrogens (tertiary/aromatic N) is 4. The van der Waals surface area contributed by atoms with Gasteiger partial charge in [0.2, 0.25) is 0 Å². The zero-order valence-electron chi connectivity index (χ0n) is 12.6. The second-order valence-corrected chi connectivity index (χ2v) is 5.90. The van der Waals surface area contributed by atoms with E-state index in [-0.39, 0.29) is 19.2 Å². The molecule has 0 saturated heterocycles. The first-order chi connectivity index (χ1) is 10.6. The second kappa shape index (κ2) is 5.94. The van der Waals surface area contributed by atoms with Gasteiger partial charge in [-0.1, -0.05) is 6.42 Å². The Morgan fingerprint density at radius 1 is 1.23 bits per heavy atom. The first-order valence-electron chi connectivity index (χ1n) is 7.65. The maximum absolute atomic E-state index is 12.4. The number of carboxylic acid groups (broad SMARTS) is 1. The number of aromatic nitrogens is 3. The van der Waals surface area contributed by atoms with Gasteiger partial charge in [-0.3, -0.25) is 4.90 Å². The number of ether oxygens (including phenoxy) is 1. The minimum absolute atomic E-state index is 0.0998. The van der Waals surface area contributed by atoms with Gasteiger partial charge in [0, 0.05) is 0 Å². The maximum atomic E-state index is 12.4. The summed E-state index contributed by atoms with van der Waals surface area (Å²) < 4.78 is 7.24. The Kier molecular flexibility index (Phi) is 4.00. The normalized spacial score (nSPS) is 22.2. The first-order valence-corrected chi connectivity index (χ1v) is 7.65. The molecular weight excluding hydrogens is 288 g/mol. The minimum atomic E-state index is -1.04. The zero-order chi connectivity index (χ0) is 15.7. The quantitative estimate of drug-likeness (QED) is 0.885. The zero-order valence-corrected chi connectivity index (χ0v) is 12.6. The van der Waals surface area contributed by atoms with Crippen molar-refractivity contribution in [2.75, 3.05) is 0 Å². The van der Waals surface area contributed by atoms with Crippen LogP contribution in [0.4, 0.5) is 4.79 Å². The summed E-state index contributed by atoms with van der Waals surface area (Å²) in [6, 6.07) is -0.946. The molecule has 0 bridgehead atoms. The molecule has 1 aliphatic carbocycles. The number of hydrogen-bond acceptors (Lipinski definition) is 5. The van der Waals surface area contributed by atoms with Crippen molar-refractivity contribution in [3.8, 4) is 0 Å². The van der Waals surface area contributed by atoms with Gasteiger partial charge in [0.05, 0.1) is 13.1 Å². The summed E-state index contributed by atoms with van der Waals surface area (Å²) in [7, 11) is 0. The number of hydrogen-bond donors (Lipinski definition) is 1. The molecule has 0 spiro atoms.